The molecule has 2 unspecified atom stereocenters. The number of amidine groups is 1. The number of aromatic carboxylic acids is 1. The standard InChI is InChI=1S/C35H33N9O4/c1-35(23-5-3-2-4-6-23)18-29(40-28-10-8-19(32(36)37)17-27(28)35)22-13-21(25-9-7-20(33(38)46)16-26(25)34(47)48)14-24(15-22)39-31(45)12-11-30-41-43-44-42-30/h2-10,13-17,29,40H,11-12,18H2,1H3,(H3,36,37)(H2,38,46)(H,39,45)(H,47,48)(H,41,42,43,44). The topological polar surface area (TPSA) is 226 Å². The van der Waals surface area contributed by atoms with E-state index in [0.717, 1.165) is 22.4 Å². The molecule has 13 nitrogen and oxygen atoms in total. The number of rotatable bonds is 10. The molecule has 2 amide bonds. The molecule has 0 fully saturated rings. The minimum absolute atomic E-state index is 0.0284. The number of amides is 2. The smallest absolute Gasteiger partial charge is 0.336 e. The molecule has 242 valence electrons. The average Bonchev–Trinajstić information content (AvgIpc) is 3.61. The van der Waals surface area contributed by atoms with Gasteiger partial charge < -0.3 is 27.2 Å². The van der Waals surface area contributed by atoms with Crippen molar-refractivity contribution >= 4 is 35.0 Å². The molecule has 0 spiro atoms. The number of aryl methyl sites for hydroxylation is 1. The van der Waals surface area contributed by atoms with Gasteiger partial charge >= 0.3 is 5.97 Å². The molecule has 2 heterocycles. The fourth-order valence-electron chi connectivity index (χ4n) is 6.28. The number of benzene rings is 4. The monoisotopic (exact) mass is 643 g/mol. The molecule has 48 heavy (non-hydrogen) atoms. The third kappa shape index (κ3) is 6.33. The molecule has 0 aliphatic carbocycles. The summed E-state index contributed by atoms with van der Waals surface area (Å²) in [5.74, 6) is -1.89. The molecule has 1 aromatic heterocycles. The van der Waals surface area contributed by atoms with E-state index in [1.165, 1.54) is 12.1 Å². The fourth-order valence-corrected chi connectivity index (χ4v) is 6.28. The summed E-state index contributed by atoms with van der Waals surface area (Å²) in [5, 5.41) is 38.4. The van der Waals surface area contributed by atoms with E-state index in [0.29, 0.717) is 34.6 Å². The Hall–Kier alpha value is -6.37. The fraction of sp³-hybridized carbons (Fsp3) is 0.171. The zero-order chi connectivity index (χ0) is 34.0. The number of fused-ring (bicyclic) bond motifs is 1. The largest absolute Gasteiger partial charge is 0.478 e. The lowest BCUT2D eigenvalue weighted by Gasteiger charge is -2.42. The van der Waals surface area contributed by atoms with Crippen LogP contribution in [-0.2, 0) is 16.6 Å². The molecule has 6 rings (SSSR count). The van der Waals surface area contributed by atoms with Crippen LogP contribution in [0.1, 0.15) is 74.6 Å². The van der Waals surface area contributed by atoms with Crippen molar-refractivity contribution in [3.05, 3.63) is 124 Å². The molecular formula is C35H33N9O4. The van der Waals surface area contributed by atoms with Crippen LogP contribution in [0.4, 0.5) is 11.4 Å². The normalized spacial score (nSPS) is 16.7. The number of hydrogen-bond donors (Lipinski definition) is 7. The summed E-state index contributed by atoms with van der Waals surface area (Å²) in [6, 6.07) is 25.2. The SMILES string of the molecule is CC1(c2ccccc2)CC(c2cc(NC(=O)CCc3nn[nH]n3)cc(-c3ccc(C(N)=O)cc3C(=O)O)c2)Nc2ccc(C(=N)N)cc21. The highest BCUT2D eigenvalue weighted by atomic mass is 16.4. The van der Waals surface area contributed by atoms with Crippen LogP contribution in [0.25, 0.3) is 11.1 Å². The van der Waals surface area contributed by atoms with Crippen LogP contribution in [0.3, 0.4) is 0 Å². The van der Waals surface area contributed by atoms with Crippen molar-refractivity contribution in [2.45, 2.75) is 37.6 Å². The first-order chi connectivity index (χ1) is 23.0. The maximum absolute atomic E-state index is 13.1. The van der Waals surface area contributed by atoms with Gasteiger partial charge in [-0.3, -0.25) is 15.0 Å². The summed E-state index contributed by atoms with van der Waals surface area (Å²) in [6.45, 7) is 2.15. The van der Waals surface area contributed by atoms with Gasteiger partial charge in [0.1, 0.15) is 5.84 Å². The van der Waals surface area contributed by atoms with Gasteiger partial charge in [-0.1, -0.05) is 48.5 Å². The van der Waals surface area contributed by atoms with Crippen molar-refractivity contribution in [2.75, 3.05) is 10.6 Å². The third-order valence-corrected chi connectivity index (χ3v) is 8.73. The molecule has 0 saturated heterocycles. The van der Waals surface area contributed by atoms with Gasteiger partial charge in [0.15, 0.2) is 5.82 Å². The van der Waals surface area contributed by atoms with Crippen LogP contribution < -0.4 is 22.1 Å². The Kier molecular flexibility index (Phi) is 8.42. The van der Waals surface area contributed by atoms with E-state index in [1.807, 2.05) is 42.5 Å². The van der Waals surface area contributed by atoms with Crippen LogP contribution in [-0.4, -0.2) is 49.3 Å². The van der Waals surface area contributed by atoms with Crippen molar-refractivity contribution in [3.63, 3.8) is 0 Å². The van der Waals surface area contributed by atoms with E-state index in [1.54, 1.807) is 18.2 Å². The number of aromatic amines is 1. The van der Waals surface area contributed by atoms with Crippen molar-refractivity contribution in [1.82, 2.24) is 20.6 Å². The molecule has 0 bridgehead atoms. The van der Waals surface area contributed by atoms with Gasteiger partial charge in [-0.25, -0.2) is 4.79 Å². The number of nitrogens with two attached hydrogens (primary N) is 2. The molecule has 4 aromatic carbocycles. The van der Waals surface area contributed by atoms with Gasteiger partial charge in [0, 0.05) is 40.8 Å². The lowest BCUT2D eigenvalue weighted by Crippen LogP contribution is -2.35. The van der Waals surface area contributed by atoms with E-state index in [9.17, 15) is 19.5 Å². The van der Waals surface area contributed by atoms with Crippen LogP contribution in [0.2, 0.25) is 0 Å². The van der Waals surface area contributed by atoms with Gasteiger partial charge in [-0.2, -0.15) is 5.21 Å². The Morgan fingerprint density at radius 3 is 2.46 bits per heavy atom. The van der Waals surface area contributed by atoms with Crippen LogP contribution in [0.5, 0.6) is 0 Å². The number of primary amides is 1. The first kappa shape index (κ1) is 31.6. The van der Waals surface area contributed by atoms with Crippen LogP contribution >= 0.6 is 0 Å². The highest BCUT2D eigenvalue weighted by molar-refractivity contribution is 6.02. The Morgan fingerprint density at radius 1 is 1.00 bits per heavy atom. The van der Waals surface area contributed by atoms with Crippen molar-refractivity contribution in [1.29, 1.82) is 5.41 Å². The Morgan fingerprint density at radius 2 is 1.77 bits per heavy atom. The molecule has 13 heteroatoms. The Labute approximate surface area is 275 Å². The Bertz CT molecular complexity index is 2050. The van der Waals surface area contributed by atoms with Crippen molar-refractivity contribution in [2.24, 2.45) is 11.5 Å². The molecule has 1 aliphatic heterocycles. The van der Waals surface area contributed by atoms with Crippen molar-refractivity contribution < 1.29 is 19.5 Å². The van der Waals surface area contributed by atoms with Crippen LogP contribution in [0.15, 0.2) is 84.9 Å². The molecule has 0 saturated carbocycles. The number of tetrazole rings is 1. The zero-order valence-corrected chi connectivity index (χ0v) is 25.9. The zero-order valence-electron chi connectivity index (χ0n) is 25.9. The number of hydrogen-bond acceptors (Lipinski definition) is 8. The minimum Gasteiger partial charge on any atom is -0.478 e. The second kappa shape index (κ2) is 12.8. The summed E-state index contributed by atoms with van der Waals surface area (Å²) >= 11 is 0. The number of nitrogens with zero attached hydrogens (tertiary/aromatic N) is 3. The lowest BCUT2D eigenvalue weighted by molar-refractivity contribution is -0.116. The summed E-state index contributed by atoms with van der Waals surface area (Å²) < 4.78 is 0. The maximum Gasteiger partial charge on any atom is 0.336 e. The van der Waals surface area contributed by atoms with Gasteiger partial charge in [0.25, 0.3) is 0 Å². The molecule has 1 aliphatic rings. The quantitative estimate of drug-likeness (QED) is 0.0845. The third-order valence-electron chi connectivity index (χ3n) is 8.73. The number of carbonyl (C=O) groups is 3. The average molecular weight is 644 g/mol. The van der Waals surface area contributed by atoms with Crippen molar-refractivity contribution in [3.8, 4) is 11.1 Å². The number of anilines is 2. The highest BCUT2D eigenvalue weighted by Gasteiger charge is 2.39. The second-order valence-electron chi connectivity index (χ2n) is 11.9. The number of carbonyl (C=O) groups excluding carboxylic acids is 2. The molecule has 2 atom stereocenters. The van der Waals surface area contributed by atoms with E-state index in [4.69, 9.17) is 16.9 Å². The summed E-state index contributed by atoms with van der Waals surface area (Å²) in [6.07, 6.45) is 0.935. The predicted molar refractivity (Wildman–Crippen MR) is 180 cm³/mol. The summed E-state index contributed by atoms with van der Waals surface area (Å²) in [5.41, 5.74) is 16.4. The first-order valence-corrected chi connectivity index (χ1v) is 15.2. The number of nitrogens with one attached hydrogen (secondary N) is 4. The van der Waals surface area contributed by atoms with E-state index in [-0.39, 0.29) is 41.8 Å². The van der Waals surface area contributed by atoms with Gasteiger partial charge in [0.2, 0.25) is 11.8 Å². The van der Waals surface area contributed by atoms with Crippen LogP contribution in [0, 0.1) is 5.41 Å². The van der Waals surface area contributed by atoms with Gasteiger partial charge in [-0.15, -0.1) is 10.2 Å². The lowest BCUT2D eigenvalue weighted by atomic mass is 9.68. The molecule has 5 aromatic rings. The number of carboxylic acids is 1. The van der Waals surface area contributed by atoms with Gasteiger partial charge in [0.05, 0.1) is 11.6 Å². The Balaban J connectivity index is 1.46. The highest BCUT2D eigenvalue weighted by Crippen LogP contribution is 2.49. The second-order valence-corrected chi connectivity index (χ2v) is 11.9. The van der Waals surface area contributed by atoms with E-state index >= 15 is 0 Å². The predicted octanol–water partition coefficient (Wildman–Crippen LogP) is 4.38. The van der Waals surface area contributed by atoms with Gasteiger partial charge in [-0.05, 0) is 82.8 Å². The molecule has 9 N–H and O–H groups in total. The summed E-state index contributed by atoms with van der Waals surface area (Å²) in [7, 11) is 0. The molecular weight excluding hydrogens is 610 g/mol. The number of aromatic nitrogens is 4. The number of nitrogen functional groups attached to an aromatic ring is 1. The van der Waals surface area contributed by atoms with E-state index < -0.39 is 17.3 Å². The number of carboxylic acid groups (broad SMARTS) is 1. The summed E-state index contributed by atoms with van der Waals surface area (Å²) in [4.78, 5) is 37.4. The first-order valence-electron chi connectivity index (χ1n) is 15.2. The molecule has 0 radical (unpaired) electrons. The number of H-pyrrole nitrogens is 1. The van der Waals surface area contributed by atoms with E-state index in [2.05, 4.69) is 50.3 Å². The minimum atomic E-state index is -1.23. The maximum atomic E-state index is 13.1.